The molecule has 2 aliphatic heterocycles. The molecule has 0 atom stereocenters. The first kappa shape index (κ1) is 51.9. The van der Waals surface area contributed by atoms with Crippen LogP contribution in [0.5, 0.6) is 0 Å². The molecule has 0 unspecified atom stereocenters. The first-order valence-electron chi connectivity index (χ1n) is 28.9. The van der Waals surface area contributed by atoms with E-state index in [0.717, 1.165) is 78.6 Å². The molecule has 0 spiro atoms. The van der Waals surface area contributed by atoms with Crippen LogP contribution in [0, 0.1) is 0 Å². The molecule has 4 nitrogen and oxygen atoms in total. The maximum absolute atomic E-state index is 6.89. The van der Waals surface area contributed by atoms with Gasteiger partial charge in [-0.25, -0.2) is 0 Å². The SMILES string of the molecule is CC(C)(C)c1ccc(N2B3c4ccc5oc6ccccc6c5c4N(c4ccc(C(C)(C)C)cc4-c4ccccc4)c4cc(-c5ccccc5)cc(c43)-c3cc(N(c4ccc(C(C)(C)C)cc4)c4ccc(C(C)(C)C)cc4)ccc32)cc1. The highest BCUT2D eigenvalue weighted by Crippen LogP contribution is 2.54. The Bertz CT molecular complexity index is 4130. The Kier molecular flexibility index (Phi) is 12.2. The lowest BCUT2D eigenvalue weighted by molar-refractivity contribution is 0.590. The van der Waals surface area contributed by atoms with Gasteiger partial charge in [0.25, 0.3) is 0 Å². The summed E-state index contributed by atoms with van der Waals surface area (Å²) in [6, 6.07) is 82.4. The van der Waals surface area contributed by atoms with E-state index in [1.807, 2.05) is 0 Å². The van der Waals surface area contributed by atoms with E-state index in [1.165, 1.54) is 55.4 Å². The van der Waals surface area contributed by atoms with Crippen molar-refractivity contribution < 1.29 is 4.42 Å². The van der Waals surface area contributed by atoms with Gasteiger partial charge in [-0.1, -0.05) is 210 Å². The van der Waals surface area contributed by atoms with Gasteiger partial charge in [-0.2, -0.15) is 0 Å². The van der Waals surface area contributed by atoms with Crippen molar-refractivity contribution in [3.63, 3.8) is 0 Å². The maximum atomic E-state index is 6.89. The highest BCUT2D eigenvalue weighted by atomic mass is 16.3. The van der Waals surface area contributed by atoms with Crippen LogP contribution in [0.3, 0.4) is 0 Å². The second-order valence-corrected chi connectivity index (χ2v) is 26.7. The standard InChI is InChI=1S/C76H72BN3O/c1-73(2,3)52-27-34-56(35-28-52)78(57-36-29-53(30-37-57)74(4,5)6)59-40-43-66-62(48-59)63-45-51(49-21-15-13-16-22-49)46-67-71(63)77(80(66)58-38-31-54(32-39-58)75(7,8)9)64-41-44-69-70(60-25-19-20-26-68(60)81-69)72(64)79(67)65-42-33-55(76(10,11)12)47-61(65)50-23-17-14-18-24-50/h13-48H,1-12H3. The van der Waals surface area contributed by atoms with E-state index in [0.29, 0.717) is 0 Å². The number of fused-ring (bicyclic) bond motifs is 8. The zero-order chi connectivity index (χ0) is 56.3. The topological polar surface area (TPSA) is 22.9 Å². The summed E-state index contributed by atoms with van der Waals surface area (Å²) in [5, 5.41) is 2.20. The average molecular weight is 1050 g/mol. The lowest BCUT2D eigenvalue weighted by atomic mass is 9.43. The van der Waals surface area contributed by atoms with E-state index in [2.05, 4.69) is 316 Å². The highest BCUT2D eigenvalue weighted by molar-refractivity contribution is 6.94. The van der Waals surface area contributed by atoms with Crippen LogP contribution in [0.4, 0.5) is 45.5 Å². The van der Waals surface area contributed by atoms with Gasteiger partial charge in [-0.3, -0.25) is 0 Å². The number of nitrogens with zero attached hydrogens (tertiary/aromatic N) is 3. The Labute approximate surface area is 480 Å². The summed E-state index contributed by atoms with van der Waals surface area (Å²) in [4.78, 5) is 7.71. The molecule has 0 saturated carbocycles. The molecule has 0 fully saturated rings. The van der Waals surface area contributed by atoms with Crippen LogP contribution in [-0.4, -0.2) is 6.85 Å². The molecule has 400 valence electrons. The summed E-state index contributed by atoms with van der Waals surface area (Å²) in [5.41, 5.74) is 25.3. The molecule has 11 aromatic rings. The molecular weight excluding hydrogens is 982 g/mol. The monoisotopic (exact) mass is 1050 g/mol. The predicted octanol–water partition coefficient (Wildman–Crippen LogP) is 20.3. The van der Waals surface area contributed by atoms with Crippen LogP contribution in [0.25, 0.3) is 55.3 Å². The van der Waals surface area contributed by atoms with Gasteiger partial charge in [-0.05, 0) is 168 Å². The summed E-state index contributed by atoms with van der Waals surface area (Å²) in [7, 11) is 0. The van der Waals surface area contributed by atoms with Crippen LogP contribution in [0.1, 0.15) is 105 Å². The van der Waals surface area contributed by atoms with Gasteiger partial charge in [0, 0.05) is 50.6 Å². The van der Waals surface area contributed by atoms with Gasteiger partial charge < -0.3 is 19.0 Å². The minimum Gasteiger partial charge on any atom is -0.456 e. The molecule has 0 aliphatic carbocycles. The third kappa shape index (κ3) is 9.03. The number of furan rings is 1. The molecule has 0 bridgehead atoms. The normalized spacial score (nSPS) is 13.4. The van der Waals surface area contributed by atoms with Crippen molar-refractivity contribution >= 4 is 85.2 Å². The lowest BCUT2D eigenvalue weighted by Crippen LogP contribution is -2.61. The van der Waals surface area contributed by atoms with Crippen LogP contribution in [-0.2, 0) is 21.7 Å². The van der Waals surface area contributed by atoms with E-state index < -0.39 is 0 Å². The van der Waals surface area contributed by atoms with Crippen LogP contribution in [0.2, 0.25) is 0 Å². The van der Waals surface area contributed by atoms with E-state index in [-0.39, 0.29) is 28.5 Å². The van der Waals surface area contributed by atoms with Gasteiger partial charge in [0.05, 0.1) is 16.8 Å². The molecule has 3 heterocycles. The Hall–Kier alpha value is -8.54. The molecule has 0 saturated heterocycles. The third-order valence-electron chi connectivity index (χ3n) is 17.1. The molecule has 0 radical (unpaired) electrons. The lowest BCUT2D eigenvalue weighted by Gasteiger charge is -2.46. The number of hydrogen-bond donors (Lipinski definition) is 0. The molecule has 0 amide bonds. The fourth-order valence-electron chi connectivity index (χ4n) is 12.6. The quantitative estimate of drug-likeness (QED) is 0.148. The minimum absolute atomic E-state index is 0.0109. The zero-order valence-corrected chi connectivity index (χ0v) is 49.1. The molecule has 2 aliphatic rings. The van der Waals surface area contributed by atoms with Gasteiger partial charge in [0.2, 0.25) is 0 Å². The van der Waals surface area contributed by atoms with Crippen molar-refractivity contribution in [2.75, 3.05) is 14.6 Å². The number of anilines is 8. The first-order chi connectivity index (χ1) is 38.7. The molecule has 0 N–H and O–H groups in total. The molecule has 1 aromatic heterocycles. The van der Waals surface area contributed by atoms with E-state index in [9.17, 15) is 0 Å². The van der Waals surface area contributed by atoms with Crippen molar-refractivity contribution in [2.24, 2.45) is 0 Å². The molecule has 5 heteroatoms. The second-order valence-electron chi connectivity index (χ2n) is 26.7. The summed E-state index contributed by atoms with van der Waals surface area (Å²) >= 11 is 0. The summed E-state index contributed by atoms with van der Waals surface area (Å²) in [5.74, 6) is 0. The summed E-state index contributed by atoms with van der Waals surface area (Å²) in [6.07, 6.45) is 0. The van der Waals surface area contributed by atoms with E-state index in [4.69, 9.17) is 4.42 Å². The summed E-state index contributed by atoms with van der Waals surface area (Å²) < 4.78 is 6.89. The first-order valence-corrected chi connectivity index (χ1v) is 28.9. The molecule has 81 heavy (non-hydrogen) atoms. The Morgan fingerprint density at radius 3 is 1.48 bits per heavy atom. The van der Waals surface area contributed by atoms with Gasteiger partial charge in [0.1, 0.15) is 11.2 Å². The van der Waals surface area contributed by atoms with Crippen molar-refractivity contribution in [3.8, 4) is 33.4 Å². The molecular formula is C76H72BN3O. The van der Waals surface area contributed by atoms with Crippen molar-refractivity contribution in [1.82, 2.24) is 0 Å². The summed E-state index contributed by atoms with van der Waals surface area (Å²) in [6.45, 7) is 27.4. The smallest absolute Gasteiger partial charge is 0.333 e. The number of benzene rings is 10. The van der Waals surface area contributed by atoms with E-state index in [1.54, 1.807) is 0 Å². The van der Waals surface area contributed by atoms with Gasteiger partial charge in [0.15, 0.2) is 0 Å². The zero-order valence-electron chi connectivity index (χ0n) is 49.1. The Balaban J connectivity index is 1.16. The van der Waals surface area contributed by atoms with Crippen molar-refractivity contribution in [1.29, 1.82) is 0 Å². The molecule has 13 rings (SSSR count). The largest absolute Gasteiger partial charge is 0.456 e. The third-order valence-corrected chi connectivity index (χ3v) is 17.1. The van der Waals surface area contributed by atoms with E-state index >= 15 is 0 Å². The van der Waals surface area contributed by atoms with Crippen LogP contribution in [0.15, 0.2) is 223 Å². The highest BCUT2D eigenvalue weighted by Gasteiger charge is 2.47. The fourth-order valence-corrected chi connectivity index (χ4v) is 12.6. The van der Waals surface area contributed by atoms with Crippen molar-refractivity contribution in [3.05, 3.63) is 241 Å². The van der Waals surface area contributed by atoms with Gasteiger partial charge >= 0.3 is 6.85 Å². The second kappa shape index (κ2) is 19.1. The van der Waals surface area contributed by atoms with Crippen LogP contribution < -0.4 is 25.5 Å². The fraction of sp³-hybridized carbons (Fsp3) is 0.211. The molecule has 10 aromatic carbocycles. The number of hydrogen-bond acceptors (Lipinski definition) is 4. The average Bonchev–Trinajstić information content (AvgIpc) is 3.83. The predicted molar refractivity (Wildman–Crippen MR) is 348 cm³/mol. The number of para-hydroxylation sites is 1. The Morgan fingerprint density at radius 2 is 0.889 bits per heavy atom. The maximum Gasteiger partial charge on any atom is 0.333 e. The number of rotatable bonds is 7. The minimum atomic E-state index is -0.233. The van der Waals surface area contributed by atoms with Crippen LogP contribution >= 0.6 is 0 Å². The Morgan fingerprint density at radius 1 is 0.370 bits per heavy atom. The van der Waals surface area contributed by atoms with Gasteiger partial charge in [-0.15, -0.1) is 0 Å². The van der Waals surface area contributed by atoms with Crippen molar-refractivity contribution in [2.45, 2.75) is 105 Å².